The van der Waals surface area contributed by atoms with Gasteiger partial charge in [-0.1, -0.05) is 13.8 Å². The first kappa shape index (κ1) is 13.0. The smallest absolute Gasteiger partial charge is 0.330 e. The molecule has 1 fully saturated rings. The van der Waals surface area contributed by atoms with Crippen LogP contribution in [-0.2, 0) is 4.74 Å². The summed E-state index contributed by atoms with van der Waals surface area (Å²) in [7, 11) is 0. The highest BCUT2D eigenvalue weighted by Gasteiger charge is 2.50. The van der Waals surface area contributed by atoms with Gasteiger partial charge in [-0.3, -0.25) is 14.3 Å². The van der Waals surface area contributed by atoms with Crippen molar-refractivity contribution in [2.75, 3.05) is 0 Å². The fourth-order valence-electron chi connectivity index (χ4n) is 2.43. The van der Waals surface area contributed by atoms with Gasteiger partial charge < -0.3 is 9.84 Å². The fraction of sp³-hybridized carbons (Fsp3) is 0.667. The van der Waals surface area contributed by atoms with Crippen LogP contribution in [0.25, 0.3) is 0 Å². The average Bonchev–Trinajstić information content (AvgIpc) is 2.52. The molecule has 100 valence electrons. The number of H-pyrrole nitrogens is 1. The van der Waals surface area contributed by atoms with Gasteiger partial charge in [0.05, 0.1) is 6.10 Å². The molecular formula is C12H18N2O4. The Morgan fingerprint density at radius 3 is 2.72 bits per heavy atom. The number of ether oxygens (including phenoxy) is 1. The molecule has 18 heavy (non-hydrogen) atoms. The van der Waals surface area contributed by atoms with Crippen LogP contribution in [0.2, 0.25) is 0 Å². The Bertz CT molecular complexity index is 545. The van der Waals surface area contributed by atoms with Gasteiger partial charge in [-0.05, 0) is 13.3 Å². The molecule has 6 heteroatoms. The van der Waals surface area contributed by atoms with Crippen LogP contribution in [0.1, 0.15) is 33.4 Å². The molecule has 1 aliphatic rings. The van der Waals surface area contributed by atoms with Crippen LogP contribution in [0, 0.1) is 5.92 Å². The predicted octanol–water partition coefficient (Wildman–Crippen LogP) is 0.231. The first-order chi connectivity index (χ1) is 8.37. The number of aromatic nitrogens is 2. The molecule has 0 saturated carbocycles. The van der Waals surface area contributed by atoms with E-state index in [9.17, 15) is 14.7 Å². The largest absolute Gasteiger partial charge is 0.385 e. The third-order valence-corrected chi connectivity index (χ3v) is 3.79. The summed E-state index contributed by atoms with van der Waals surface area (Å²) >= 11 is 0. The van der Waals surface area contributed by atoms with E-state index in [2.05, 4.69) is 4.98 Å². The third kappa shape index (κ3) is 1.91. The van der Waals surface area contributed by atoms with Crippen molar-refractivity contribution >= 4 is 0 Å². The molecule has 4 atom stereocenters. The zero-order valence-electron chi connectivity index (χ0n) is 10.7. The maximum atomic E-state index is 11.7. The second kappa shape index (κ2) is 4.37. The molecule has 0 amide bonds. The minimum absolute atomic E-state index is 0.0914. The van der Waals surface area contributed by atoms with Crippen molar-refractivity contribution in [3.05, 3.63) is 33.1 Å². The summed E-state index contributed by atoms with van der Waals surface area (Å²) in [6.07, 6.45) is 1.22. The highest BCUT2D eigenvalue weighted by Crippen LogP contribution is 2.42. The monoisotopic (exact) mass is 254 g/mol. The summed E-state index contributed by atoms with van der Waals surface area (Å²) in [6.45, 7) is 5.51. The highest BCUT2D eigenvalue weighted by molar-refractivity contribution is 4.98. The van der Waals surface area contributed by atoms with Crippen molar-refractivity contribution in [2.24, 2.45) is 5.92 Å². The van der Waals surface area contributed by atoms with Crippen LogP contribution < -0.4 is 11.2 Å². The molecule has 2 heterocycles. The maximum Gasteiger partial charge on any atom is 0.330 e. The number of aromatic amines is 1. The van der Waals surface area contributed by atoms with Gasteiger partial charge in [0.1, 0.15) is 5.60 Å². The normalized spacial score (nSPS) is 35.9. The molecule has 0 radical (unpaired) electrons. The lowest BCUT2D eigenvalue weighted by atomic mass is 9.87. The van der Waals surface area contributed by atoms with Crippen molar-refractivity contribution in [1.82, 2.24) is 9.55 Å². The molecule has 6 nitrogen and oxygen atoms in total. The van der Waals surface area contributed by atoms with Crippen molar-refractivity contribution < 1.29 is 9.84 Å². The van der Waals surface area contributed by atoms with Crippen molar-refractivity contribution in [1.29, 1.82) is 0 Å². The molecule has 2 N–H and O–H groups in total. The van der Waals surface area contributed by atoms with Gasteiger partial charge >= 0.3 is 5.69 Å². The second-order valence-electron chi connectivity index (χ2n) is 4.97. The van der Waals surface area contributed by atoms with Gasteiger partial charge in [-0.25, -0.2) is 4.79 Å². The summed E-state index contributed by atoms with van der Waals surface area (Å²) in [5.41, 5.74) is -2.19. The van der Waals surface area contributed by atoms with E-state index in [-0.39, 0.29) is 12.0 Å². The molecular weight excluding hydrogens is 236 g/mol. The Balaban J connectivity index is 2.45. The van der Waals surface area contributed by atoms with Crippen LogP contribution in [0.4, 0.5) is 0 Å². The number of nitrogens with one attached hydrogen (secondary N) is 1. The van der Waals surface area contributed by atoms with Gasteiger partial charge in [-0.2, -0.15) is 0 Å². The molecule has 1 aromatic heterocycles. The Hall–Kier alpha value is -1.40. The summed E-state index contributed by atoms with van der Waals surface area (Å²) in [5.74, 6) is -0.0914. The zero-order valence-corrected chi connectivity index (χ0v) is 10.7. The van der Waals surface area contributed by atoms with E-state index in [1.807, 2.05) is 13.8 Å². The molecule has 0 aliphatic carbocycles. The van der Waals surface area contributed by atoms with E-state index < -0.39 is 23.1 Å². The van der Waals surface area contributed by atoms with E-state index in [0.29, 0.717) is 0 Å². The lowest BCUT2D eigenvalue weighted by Gasteiger charge is -2.28. The summed E-state index contributed by atoms with van der Waals surface area (Å²) in [4.78, 5) is 24.9. The number of hydrogen-bond donors (Lipinski definition) is 2. The molecule has 0 aromatic carbocycles. The molecule has 2 rings (SSSR count). The van der Waals surface area contributed by atoms with E-state index in [4.69, 9.17) is 4.74 Å². The lowest BCUT2D eigenvalue weighted by molar-refractivity contribution is -0.0876. The Morgan fingerprint density at radius 2 is 2.22 bits per heavy atom. The van der Waals surface area contributed by atoms with Gasteiger partial charge in [0.15, 0.2) is 6.23 Å². The predicted molar refractivity (Wildman–Crippen MR) is 65.3 cm³/mol. The summed E-state index contributed by atoms with van der Waals surface area (Å²) in [5, 5.41) is 10.5. The first-order valence-electron chi connectivity index (χ1n) is 6.07. The maximum absolute atomic E-state index is 11.7. The van der Waals surface area contributed by atoms with Gasteiger partial charge in [0.2, 0.25) is 0 Å². The minimum Gasteiger partial charge on any atom is -0.385 e. The molecule has 1 aromatic rings. The molecule has 1 saturated heterocycles. The Morgan fingerprint density at radius 1 is 1.56 bits per heavy atom. The van der Waals surface area contributed by atoms with Crippen LogP contribution in [0.3, 0.4) is 0 Å². The number of hydrogen-bond acceptors (Lipinski definition) is 4. The molecule has 1 aliphatic heterocycles. The van der Waals surface area contributed by atoms with Crippen molar-refractivity contribution in [3.63, 3.8) is 0 Å². The van der Waals surface area contributed by atoms with E-state index in [1.54, 1.807) is 6.92 Å². The van der Waals surface area contributed by atoms with Crippen molar-refractivity contribution in [3.8, 4) is 0 Å². The Kier molecular flexibility index (Phi) is 3.16. The molecule has 4 unspecified atom stereocenters. The summed E-state index contributed by atoms with van der Waals surface area (Å²) in [6, 6.07) is 1.24. The fourth-order valence-corrected chi connectivity index (χ4v) is 2.43. The van der Waals surface area contributed by atoms with E-state index >= 15 is 0 Å². The zero-order chi connectivity index (χ0) is 13.5. The molecule has 0 spiro atoms. The van der Waals surface area contributed by atoms with Crippen LogP contribution in [0.15, 0.2) is 21.9 Å². The van der Waals surface area contributed by atoms with Crippen LogP contribution >= 0.6 is 0 Å². The quantitative estimate of drug-likeness (QED) is 0.791. The van der Waals surface area contributed by atoms with Crippen LogP contribution in [-0.4, -0.2) is 26.4 Å². The minimum atomic E-state index is -1.15. The van der Waals surface area contributed by atoms with Gasteiger partial charge in [-0.15, -0.1) is 0 Å². The SMILES string of the molecule is CCC1OC(n2ccc(=O)[nH]c2=O)C(C)(O)C1C. The highest BCUT2D eigenvalue weighted by atomic mass is 16.5. The topological polar surface area (TPSA) is 84.3 Å². The van der Waals surface area contributed by atoms with E-state index in [0.717, 1.165) is 6.42 Å². The van der Waals surface area contributed by atoms with Crippen LogP contribution in [0.5, 0.6) is 0 Å². The number of rotatable bonds is 2. The standard InChI is InChI=1S/C12H18N2O4/c1-4-8-7(2)12(3,17)10(18-8)14-6-5-9(15)13-11(14)16/h5-8,10,17H,4H2,1-3H3,(H,13,15,16). The second-order valence-corrected chi connectivity index (χ2v) is 4.97. The first-order valence-corrected chi connectivity index (χ1v) is 6.07. The Labute approximate surface area is 104 Å². The number of nitrogens with zero attached hydrogens (tertiary/aromatic N) is 1. The summed E-state index contributed by atoms with van der Waals surface area (Å²) < 4.78 is 6.97. The molecule has 0 bridgehead atoms. The lowest BCUT2D eigenvalue weighted by Crippen LogP contribution is -2.42. The number of aliphatic hydroxyl groups is 1. The van der Waals surface area contributed by atoms with Gasteiger partial charge in [0, 0.05) is 18.2 Å². The van der Waals surface area contributed by atoms with Crippen molar-refractivity contribution in [2.45, 2.75) is 45.1 Å². The average molecular weight is 254 g/mol. The van der Waals surface area contributed by atoms with Gasteiger partial charge in [0.25, 0.3) is 5.56 Å². The third-order valence-electron chi connectivity index (χ3n) is 3.79. The van der Waals surface area contributed by atoms with E-state index in [1.165, 1.54) is 16.8 Å².